The highest BCUT2D eigenvalue weighted by Gasteiger charge is 2.30. The second-order valence-electron chi connectivity index (χ2n) is 5.73. The third kappa shape index (κ3) is 3.18. The lowest BCUT2D eigenvalue weighted by atomic mass is 9.92. The van der Waals surface area contributed by atoms with Crippen LogP contribution < -0.4 is 5.73 Å². The fraction of sp³-hybridized carbons (Fsp3) is 1.00. The molecule has 1 aliphatic rings. The zero-order valence-electron chi connectivity index (χ0n) is 10.9. The van der Waals surface area contributed by atoms with Gasteiger partial charge in [-0.2, -0.15) is 0 Å². The van der Waals surface area contributed by atoms with Gasteiger partial charge in [-0.15, -0.1) is 0 Å². The lowest BCUT2D eigenvalue weighted by Gasteiger charge is -2.37. The molecule has 0 aliphatic heterocycles. The van der Waals surface area contributed by atoms with Crippen molar-refractivity contribution >= 4 is 0 Å². The molecule has 0 spiro atoms. The number of nitrogens with two attached hydrogens (primary N) is 1. The quantitative estimate of drug-likeness (QED) is 0.758. The predicted octanol–water partition coefficient (Wildman–Crippen LogP) is 2.48. The Bertz CT molecular complexity index is 189. The van der Waals surface area contributed by atoms with Crippen molar-refractivity contribution in [2.45, 2.75) is 52.0 Å². The Hall–Kier alpha value is -0.0800. The SMILES string of the molecule is CCC(C)(C)N(C)CC1CCCC1CN. The Kier molecular flexibility index (Phi) is 4.60. The van der Waals surface area contributed by atoms with Gasteiger partial charge in [0.15, 0.2) is 0 Å². The van der Waals surface area contributed by atoms with E-state index in [-0.39, 0.29) is 0 Å². The first kappa shape index (κ1) is 13.0. The summed E-state index contributed by atoms with van der Waals surface area (Å²) in [5.74, 6) is 1.62. The molecular formula is C13H28N2. The monoisotopic (exact) mass is 212 g/mol. The Labute approximate surface area is 95.2 Å². The fourth-order valence-electron chi connectivity index (χ4n) is 2.53. The van der Waals surface area contributed by atoms with Crippen LogP contribution in [0.3, 0.4) is 0 Å². The largest absolute Gasteiger partial charge is 0.330 e. The summed E-state index contributed by atoms with van der Waals surface area (Å²) in [5, 5.41) is 0. The molecule has 2 atom stereocenters. The normalized spacial score (nSPS) is 27.6. The summed E-state index contributed by atoms with van der Waals surface area (Å²) in [6, 6.07) is 0. The summed E-state index contributed by atoms with van der Waals surface area (Å²) in [6.07, 6.45) is 5.32. The molecular weight excluding hydrogens is 184 g/mol. The van der Waals surface area contributed by atoms with Crippen molar-refractivity contribution in [2.75, 3.05) is 20.1 Å². The van der Waals surface area contributed by atoms with Gasteiger partial charge in [0.1, 0.15) is 0 Å². The van der Waals surface area contributed by atoms with E-state index < -0.39 is 0 Å². The van der Waals surface area contributed by atoms with Gasteiger partial charge in [-0.1, -0.05) is 13.3 Å². The first-order chi connectivity index (χ1) is 7.01. The number of hydrogen-bond donors (Lipinski definition) is 1. The molecule has 1 aliphatic carbocycles. The smallest absolute Gasteiger partial charge is 0.0147 e. The summed E-state index contributed by atoms with van der Waals surface area (Å²) in [7, 11) is 2.26. The Morgan fingerprint density at radius 1 is 1.27 bits per heavy atom. The molecule has 2 heteroatoms. The van der Waals surface area contributed by atoms with Crippen LogP contribution in [-0.4, -0.2) is 30.6 Å². The van der Waals surface area contributed by atoms with Gasteiger partial charge in [0, 0.05) is 12.1 Å². The summed E-state index contributed by atoms with van der Waals surface area (Å²) in [6.45, 7) is 9.04. The van der Waals surface area contributed by atoms with Crippen LogP contribution in [0.5, 0.6) is 0 Å². The van der Waals surface area contributed by atoms with E-state index in [0.717, 1.165) is 18.4 Å². The molecule has 2 nitrogen and oxygen atoms in total. The van der Waals surface area contributed by atoms with Gasteiger partial charge in [0.05, 0.1) is 0 Å². The van der Waals surface area contributed by atoms with Crippen LogP contribution >= 0.6 is 0 Å². The van der Waals surface area contributed by atoms with Gasteiger partial charge >= 0.3 is 0 Å². The molecule has 2 unspecified atom stereocenters. The van der Waals surface area contributed by atoms with Crippen LogP contribution in [0.15, 0.2) is 0 Å². The highest BCUT2D eigenvalue weighted by atomic mass is 15.2. The summed E-state index contributed by atoms with van der Waals surface area (Å²) in [5.41, 5.74) is 6.16. The van der Waals surface area contributed by atoms with E-state index in [1.165, 1.54) is 32.2 Å². The van der Waals surface area contributed by atoms with Crippen molar-refractivity contribution in [1.29, 1.82) is 0 Å². The second kappa shape index (κ2) is 5.31. The number of hydrogen-bond acceptors (Lipinski definition) is 2. The van der Waals surface area contributed by atoms with Gasteiger partial charge in [-0.3, -0.25) is 0 Å². The first-order valence-electron chi connectivity index (χ1n) is 6.42. The number of nitrogens with zero attached hydrogens (tertiary/aromatic N) is 1. The molecule has 2 N–H and O–H groups in total. The molecule has 15 heavy (non-hydrogen) atoms. The minimum Gasteiger partial charge on any atom is -0.330 e. The van der Waals surface area contributed by atoms with E-state index in [2.05, 4.69) is 32.7 Å². The Morgan fingerprint density at radius 2 is 1.87 bits per heavy atom. The van der Waals surface area contributed by atoms with Gasteiger partial charge in [-0.25, -0.2) is 0 Å². The maximum Gasteiger partial charge on any atom is 0.0147 e. The van der Waals surface area contributed by atoms with Crippen molar-refractivity contribution in [3.8, 4) is 0 Å². The fourth-order valence-corrected chi connectivity index (χ4v) is 2.53. The van der Waals surface area contributed by atoms with Crippen LogP contribution in [0.1, 0.15) is 46.5 Å². The van der Waals surface area contributed by atoms with E-state index in [1.54, 1.807) is 0 Å². The minimum atomic E-state index is 0.335. The molecule has 0 aromatic rings. The first-order valence-corrected chi connectivity index (χ1v) is 6.42. The van der Waals surface area contributed by atoms with Crippen molar-refractivity contribution in [3.05, 3.63) is 0 Å². The van der Waals surface area contributed by atoms with Gasteiger partial charge in [0.25, 0.3) is 0 Å². The Balaban J connectivity index is 2.47. The third-order valence-corrected chi connectivity index (χ3v) is 4.53. The highest BCUT2D eigenvalue weighted by molar-refractivity contribution is 4.84. The lowest BCUT2D eigenvalue weighted by molar-refractivity contribution is 0.117. The van der Waals surface area contributed by atoms with E-state index in [0.29, 0.717) is 5.54 Å². The minimum absolute atomic E-state index is 0.335. The van der Waals surface area contributed by atoms with Crippen molar-refractivity contribution in [2.24, 2.45) is 17.6 Å². The molecule has 0 heterocycles. The maximum atomic E-state index is 5.82. The van der Waals surface area contributed by atoms with Crippen molar-refractivity contribution in [1.82, 2.24) is 4.90 Å². The summed E-state index contributed by atoms with van der Waals surface area (Å²) < 4.78 is 0. The van der Waals surface area contributed by atoms with Gasteiger partial charge in [-0.05, 0) is 58.5 Å². The maximum absolute atomic E-state index is 5.82. The predicted molar refractivity (Wildman–Crippen MR) is 66.9 cm³/mol. The van der Waals surface area contributed by atoms with Crippen LogP contribution in [-0.2, 0) is 0 Å². The lowest BCUT2D eigenvalue weighted by Crippen LogP contribution is -2.44. The van der Waals surface area contributed by atoms with Crippen molar-refractivity contribution in [3.63, 3.8) is 0 Å². The molecule has 1 rings (SSSR count). The third-order valence-electron chi connectivity index (χ3n) is 4.53. The van der Waals surface area contributed by atoms with Crippen molar-refractivity contribution < 1.29 is 0 Å². The Morgan fingerprint density at radius 3 is 2.40 bits per heavy atom. The van der Waals surface area contributed by atoms with E-state index >= 15 is 0 Å². The average molecular weight is 212 g/mol. The second-order valence-corrected chi connectivity index (χ2v) is 5.73. The topological polar surface area (TPSA) is 29.3 Å². The van der Waals surface area contributed by atoms with E-state index in [9.17, 15) is 0 Å². The number of rotatable bonds is 5. The highest BCUT2D eigenvalue weighted by Crippen LogP contribution is 2.32. The molecule has 1 saturated carbocycles. The van der Waals surface area contributed by atoms with Crippen LogP contribution in [0, 0.1) is 11.8 Å². The zero-order chi connectivity index (χ0) is 11.5. The molecule has 0 radical (unpaired) electrons. The zero-order valence-corrected chi connectivity index (χ0v) is 10.9. The molecule has 0 aromatic carbocycles. The van der Waals surface area contributed by atoms with Gasteiger partial charge < -0.3 is 10.6 Å². The molecule has 1 fully saturated rings. The summed E-state index contributed by atoms with van der Waals surface area (Å²) in [4.78, 5) is 2.52. The standard InChI is InChI=1S/C13H28N2/c1-5-13(2,3)15(4)10-12-8-6-7-11(12)9-14/h11-12H,5-10,14H2,1-4H3. The van der Waals surface area contributed by atoms with E-state index in [1.807, 2.05) is 0 Å². The molecule has 0 amide bonds. The molecule has 90 valence electrons. The average Bonchev–Trinajstić information content (AvgIpc) is 2.65. The van der Waals surface area contributed by atoms with Crippen LogP contribution in [0.4, 0.5) is 0 Å². The molecule has 0 bridgehead atoms. The van der Waals surface area contributed by atoms with Gasteiger partial charge in [0.2, 0.25) is 0 Å². The summed E-state index contributed by atoms with van der Waals surface area (Å²) >= 11 is 0. The molecule has 0 saturated heterocycles. The molecule has 0 aromatic heterocycles. The van der Waals surface area contributed by atoms with E-state index in [4.69, 9.17) is 5.73 Å². The van der Waals surface area contributed by atoms with Crippen LogP contribution in [0.2, 0.25) is 0 Å². The van der Waals surface area contributed by atoms with Crippen LogP contribution in [0.25, 0.3) is 0 Å².